The van der Waals surface area contributed by atoms with Gasteiger partial charge in [0, 0.05) is 40.6 Å². The van der Waals surface area contributed by atoms with Gasteiger partial charge in [-0.3, -0.25) is 14.4 Å². The van der Waals surface area contributed by atoms with Crippen molar-refractivity contribution in [1.29, 1.82) is 0 Å². The molecule has 2 heterocycles. The summed E-state index contributed by atoms with van der Waals surface area (Å²) in [6, 6.07) is 12.6. The second-order valence-electron chi connectivity index (χ2n) is 7.15. The van der Waals surface area contributed by atoms with Gasteiger partial charge < -0.3 is 20.0 Å². The lowest BCUT2D eigenvalue weighted by molar-refractivity contribution is -0.123. The number of aryl methyl sites for hydroxylation is 1. The van der Waals surface area contributed by atoms with Gasteiger partial charge in [0.1, 0.15) is 5.58 Å². The van der Waals surface area contributed by atoms with E-state index in [4.69, 9.17) is 4.42 Å². The lowest BCUT2D eigenvalue weighted by atomic mass is 10.1. The molecular weight excluding hydrogens is 450 g/mol. The number of piperazine rings is 1. The molecule has 1 aliphatic heterocycles. The first-order valence-electron chi connectivity index (χ1n) is 9.54. The zero-order valence-electron chi connectivity index (χ0n) is 16.3. The number of hydrogen-bond donors (Lipinski definition) is 2. The maximum Gasteiger partial charge on any atom is 0.287 e. The Morgan fingerprint density at radius 1 is 1.20 bits per heavy atom. The van der Waals surface area contributed by atoms with E-state index in [9.17, 15) is 14.4 Å². The van der Waals surface area contributed by atoms with E-state index < -0.39 is 0 Å². The fraction of sp³-hybridized carbons (Fsp3) is 0.227. The summed E-state index contributed by atoms with van der Waals surface area (Å²) in [5.41, 5.74) is 2.82. The number of halogens is 1. The first-order valence-corrected chi connectivity index (χ1v) is 10.3. The molecule has 154 valence electrons. The van der Waals surface area contributed by atoms with Crippen molar-refractivity contribution < 1.29 is 18.8 Å². The van der Waals surface area contributed by atoms with Gasteiger partial charge in [-0.25, -0.2) is 0 Å². The number of furan rings is 1. The zero-order chi connectivity index (χ0) is 21.3. The Bertz CT molecular complexity index is 1140. The molecule has 0 spiro atoms. The van der Waals surface area contributed by atoms with Crippen LogP contribution in [0.4, 0.5) is 0 Å². The van der Waals surface area contributed by atoms with Gasteiger partial charge in [-0.15, -0.1) is 0 Å². The Labute approximate surface area is 181 Å². The topological polar surface area (TPSA) is 91.7 Å². The Balaban J connectivity index is 1.40. The summed E-state index contributed by atoms with van der Waals surface area (Å²) in [4.78, 5) is 38.1. The van der Waals surface area contributed by atoms with Crippen molar-refractivity contribution in [2.75, 3.05) is 19.6 Å². The lowest BCUT2D eigenvalue weighted by Crippen LogP contribution is -2.49. The number of carbonyl (C=O) groups is 3. The highest BCUT2D eigenvalue weighted by molar-refractivity contribution is 9.10. The van der Waals surface area contributed by atoms with Crippen molar-refractivity contribution >= 4 is 44.6 Å². The smallest absolute Gasteiger partial charge is 0.287 e. The van der Waals surface area contributed by atoms with Crippen LogP contribution in [-0.2, 0) is 11.3 Å². The van der Waals surface area contributed by atoms with E-state index in [1.54, 1.807) is 24.3 Å². The summed E-state index contributed by atoms with van der Waals surface area (Å²) >= 11 is 3.43. The molecule has 0 radical (unpaired) electrons. The molecule has 4 rings (SSSR count). The number of fused-ring (bicyclic) bond motifs is 1. The summed E-state index contributed by atoms with van der Waals surface area (Å²) in [6.07, 6.45) is 0. The normalized spacial score (nSPS) is 13.9. The molecule has 8 heteroatoms. The molecule has 2 N–H and O–H groups in total. The van der Waals surface area contributed by atoms with Crippen LogP contribution < -0.4 is 10.6 Å². The summed E-state index contributed by atoms with van der Waals surface area (Å²) < 4.78 is 6.64. The molecule has 0 atom stereocenters. The SMILES string of the molecule is Cc1c(C(=O)NCc2ccc(C(=O)N3CCNC(=O)C3)cc2)oc2ccc(Br)cc12. The van der Waals surface area contributed by atoms with E-state index in [0.717, 1.165) is 21.0 Å². The average Bonchev–Trinajstić information content (AvgIpc) is 3.08. The van der Waals surface area contributed by atoms with E-state index >= 15 is 0 Å². The third kappa shape index (κ3) is 4.09. The van der Waals surface area contributed by atoms with Gasteiger partial charge in [-0.1, -0.05) is 28.1 Å². The van der Waals surface area contributed by atoms with Crippen molar-refractivity contribution in [3.63, 3.8) is 0 Å². The summed E-state index contributed by atoms with van der Waals surface area (Å²) in [5, 5.41) is 6.45. The highest BCUT2D eigenvalue weighted by Crippen LogP contribution is 2.28. The van der Waals surface area contributed by atoms with E-state index in [0.29, 0.717) is 36.5 Å². The van der Waals surface area contributed by atoms with Crippen molar-refractivity contribution in [2.24, 2.45) is 0 Å². The van der Waals surface area contributed by atoms with Crippen LogP contribution in [0.15, 0.2) is 51.4 Å². The van der Waals surface area contributed by atoms with Crippen LogP contribution >= 0.6 is 15.9 Å². The highest BCUT2D eigenvalue weighted by Gasteiger charge is 2.22. The van der Waals surface area contributed by atoms with E-state index in [1.165, 1.54) is 4.90 Å². The van der Waals surface area contributed by atoms with E-state index in [-0.39, 0.29) is 24.3 Å². The Hall–Kier alpha value is -3.13. The van der Waals surface area contributed by atoms with Gasteiger partial charge in [-0.05, 0) is 42.8 Å². The predicted octanol–water partition coefficient (Wildman–Crippen LogP) is 3.01. The standard InChI is InChI=1S/C22H20BrN3O4/c1-13-17-10-16(23)6-7-18(17)30-20(13)21(28)25-11-14-2-4-15(5-3-14)22(29)26-9-8-24-19(27)12-26/h2-7,10H,8-9,11-12H2,1H3,(H,24,27)(H,25,28). The number of nitrogens with zero attached hydrogens (tertiary/aromatic N) is 1. The molecule has 0 unspecified atom stereocenters. The molecule has 3 aromatic rings. The number of nitrogens with one attached hydrogen (secondary N) is 2. The minimum Gasteiger partial charge on any atom is -0.451 e. The first kappa shape index (κ1) is 20.2. The van der Waals surface area contributed by atoms with Crippen molar-refractivity contribution in [3.05, 3.63) is 69.4 Å². The first-order chi connectivity index (χ1) is 14.4. The maximum atomic E-state index is 12.6. The van der Waals surface area contributed by atoms with Gasteiger partial charge >= 0.3 is 0 Å². The molecule has 1 aromatic heterocycles. The van der Waals surface area contributed by atoms with Crippen LogP contribution in [0, 0.1) is 6.92 Å². The molecule has 0 bridgehead atoms. The van der Waals surface area contributed by atoms with Gasteiger partial charge in [0.2, 0.25) is 5.91 Å². The monoisotopic (exact) mass is 469 g/mol. The minimum absolute atomic E-state index is 0.0735. The van der Waals surface area contributed by atoms with Crippen molar-refractivity contribution in [2.45, 2.75) is 13.5 Å². The van der Waals surface area contributed by atoms with Crippen LogP contribution in [0.3, 0.4) is 0 Å². The van der Waals surface area contributed by atoms with Gasteiger partial charge in [0.15, 0.2) is 5.76 Å². The second-order valence-corrected chi connectivity index (χ2v) is 8.07. The molecule has 1 fully saturated rings. The largest absolute Gasteiger partial charge is 0.451 e. The van der Waals surface area contributed by atoms with Crippen molar-refractivity contribution in [1.82, 2.24) is 15.5 Å². The van der Waals surface area contributed by atoms with Gasteiger partial charge in [0.25, 0.3) is 11.8 Å². The third-order valence-electron chi connectivity index (χ3n) is 5.08. The molecule has 1 aliphatic rings. The Morgan fingerprint density at radius 2 is 1.97 bits per heavy atom. The number of hydrogen-bond acceptors (Lipinski definition) is 4. The predicted molar refractivity (Wildman–Crippen MR) is 115 cm³/mol. The summed E-state index contributed by atoms with van der Waals surface area (Å²) in [6.45, 7) is 3.20. The maximum absolute atomic E-state index is 12.6. The fourth-order valence-corrected chi connectivity index (χ4v) is 3.79. The van der Waals surface area contributed by atoms with Crippen LogP contribution in [0.1, 0.15) is 32.0 Å². The highest BCUT2D eigenvalue weighted by atomic mass is 79.9. The summed E-state index contributed by atoms with van der Waals surface area (Å²) in [5.74, 6) is -0.329. The second kappa shape index (κ2) is 8.31. The Morgan fingerprint density at radius 3 is 2.70 bits per heavy atom. The fourth-order valence-electron chi connectivity index (χ4n) is 3.43. The number of benzene rings is 2. The quantitative estimate of drug-likeness (QED) is 0.614. The Kier molecular flexibility index (Phi) is 5.59. The lowest BCUT2D eigenvalue weighted by Gasteiger charge is -2.26. The average molecular weight is 470 g/mol. The third-order valence-corrected chi connectivity index (χ3v) is 5.58. The van der Waals surface area contributed by atoms with Crippen LogP contribution in [0.5, 0.6) is 0 Å². The van der Waals surface area contributed by atoms with Crippen molar-refractivity contribution in [3.8, 4) is 0 Å². The molecular formula is C22H20BrN3O4. The molecule has 0 saturated carbocycles. The minimum atomic E-state index is -0.292. The van der Waals surface area contributed by atoms with Gasteiger partial charge in [0.05, 0.1) is 6.54 Å². The molecule has 1 saturated heterocycles. The molecule has 7 nitrogen and oxygen atoms in total. The van der Waals surface area contributed by atoms with E-state index in [1.807, 2.05) is 25.1 Å². The van der Waals surface area contributed by atoms with Crippen LogP contribution in [0.25, 0.3) is 11.0 Å². The molecule has 2 aromatic carbocycles. The van der Waals surface area contributed by atoms with Crippen LogP contribution in [-0.4, -0.2) is 42.3 Å². The number of amides is 3. The van der Waals surface area contributed by atoms with E-state index in [2.05, 4.69) is 26.6 Å². The molecule has 0 aliphatic carbocycles. The van der Waals surface area contributed by atoms with Crippen LogP contribution in [0.2, 0.25) is 0 Å². The summed E-state index contributed by atoms with van der Waals surface area (Å²) in [7, 11) is 0. The molecule has 3 amide bonds. The number of rotatable bonds is 4. The molecule has 30 heavy (non-hydrogen) atoms. The zero-order valence-corrected chi connectivity index (χ0v) is 17.9. The number of carbonyl (C=O) groups excluding carboxylic acids is 3. The van der Waals surface area contributed by atoms with Gasteiger partial charge in [-0.2, -0.15) is 0 Å².